The minimum absolute atomic E-state index is 0.274. The van der Waals surface area contributed by atoms with Crippen LogP contribution in [0.15, 0.2) is 42.5 Å². The zero-order valence-corrected chi connectivity index (χ0v) is 15.7. The second-order valence-corrected chi connectivity index (χ2v) is 6.01. The van der Waals surface area contributed by atoms with E-state index < -0.39 is 17.9 Å². The van der Waals surface area contributed by atoms with Gasteiger partial charge in [-0.3, -0.25) is 9.59 Å². The van der Waals surface area contributed by atoms with Crippen molar-refractivity contribution < 1.29 is 28.9 Å². The van der Waals surface area contributed by atoms with Gasteiger partial charge in [-0.2, -0.15) is 0 Å². The molecule has 144 valence electrons. The molecule has 27 heavy (non-hydrogen) atoms. The Morgan fingerprint density at radius 2 is 1.85 bits per heavy atom. The quantitative estimate of drug-likeness (QED) is 0.680. The van der Waals surface area contributed by atoms with Crippen molar-refractivity contribution in [1.82, 2.24) is 5.32 Å². The molecule has 0 aliphatic carbocycles. The Bertz CT molecular complexity index is 811. The summed E-state index contributed by atoms with van der Waals surface area (Å²) in [6, 6.07) is 10.8. The van der Waals surface area contributed by atoms with E-state index in [1.807, 2.05) is 0 Å². The molecule has 2 aromatic carbocycles. The average molecular weight is 394 g/mol. The Kier molecular flexibility index (Phi) is 7.31. The summed E-state index contributed by atoms with van der Waals surface area (Å²) in [4.78, 5) is 23.4. The molecule has 2 N–H and O–H groups in total. The van der Waals surface area contributed by atoms with Crippen LogP contribution in [0.1, 0.15) is 18.0 Å². The van der Waals surface area contributed by atoms with Crippen molar-refractivity contribution >= 4 is 23.5 Å². The average Bonchev–Trinajstić information content (AvgIpc) is 2.65. The highest BCUT2D eigenvalue weighted by Gasteiger charge is 2.20. The third kappa shape index (κ3) is 6.07. The first-order valence-electron chi connectivity index (χ1n) is 8.04. The van der Waals surface area contributed by atoms with Gasteiger partial charge in [0.2, 0.25) is 0 Å². The number of benzene rings is 2. The van der Waals surface area contributed by atoms with Gasteiger partial charge in [0.15, 0.2) is 18.1 Å². The van der Waals surface area contributed by atoms with Crippen molar-refractivity contribution in [2.45, 2.75) is 12.5 Å². The summed E-state index contributed by atoms with van der Waals surface area (Å²) in [5.74, 6) is -0.124. The lowest BCUT2D eigenvalue weighted by Gasteiger charge is -2.19. The van der Waals surface area contributed by atoms with Gasteiger partial charge < -0.3 is 24.6 Å². The summed E-state index contributed by atoms with van der Waals surface area (Å²) in [5, 5.41) is 12.3. The number of carboxylic acids is 1. The van der Waals surface area contributed by atoms with Gasteiger partial charge >= 0.3 is 5.97 Å². The number of rotatable bonds is 9. The van der Waals surface area contributed by atoms with Crippen LogP contribution in [0.5, 0.6) is 17.2 Å². The number of nitrogens with one attached hydrogen (secondary N) is 1. The Morgan fingerprint density at radius 3 is 2.48 bits per heavy atom. The summed E-state index contributed by atoms with van der Waals surface area (Å²) in [5.41, 5.74) is 0.575. The van der Waals surface area contributed by atoms with E-state index in [1.165, 1.54) is 14.2 Å². The summed E-state index contributed by atoms with van der Waals surface area (Å²) in [6.45, 7) is -0.274. The maximum Gasteiger partial charge on any atom is 0.305 e. The van der Waals surface area contributed by atoms with Gasteiger partial charge in [-0.1, -0.05) is 23.7 Å². The number of carboxylic acid groups (broad SMARTS) is 1. The number of halogens is 1. The molecule has 1 unspecified atom stereocenters. The van der Waals surface area contributed by atoms with Crippen LogP contribution in [-0.2, 0) is 9.59 Å². The summed E-state index contributed by atoms with van der Waals surface area (Å²) >= 11 is 5.87. The molecule has 0 aliphatic heterocycles. The van der Waals surface area contributed by atoms with Crippen LogP contribution in [0.3, 0.4) is 0 Å². The highest BCUT2D eigenvalue weighted by Crippen LogP contribution is 2.31. The molecule has 2 aromatic rings. The van der Waals surface area contributed by atoms with E-state index in [0.717, 1.165) is 0 Å². The molecule has 0 saturated heterocycles. The smallest absolute Gasteiger partial charge is 0.305 e. The van der Waals surface area contributed by atoms with E-state index in [9.17, 15) is 14.7 Å². The molecule has 0 aromatic heterocycles. The molecule has 0 aliphatic rings. The number of aliphatic carboxylic acids is 1. The van der Waals surface area contributed by atoms with Crippen LogP contribution >= 0.6 is 11.6 Å². The minimum atomic E-state index is -1.05. The Hall–Kier alpha value is -2.93. The van der Waals surface area contributed by atoms with Gasteiger partial charge in [-0.15, -0.1) is 0 Å². The summed E-state index contributed by atoms with van der Waals surface area (Å²) in [6.07, 6.45) is -0.293. The number of hydrogen-bond acceptors (Lipinski definition) is 5. The van der Waals surface area contributed by atoms with Gasteiger partial charge in [0, 0.05) is 5.02 Å². The lowest BCUT2D eigenvalue weighted by Crippen LogP contribution is -2.33. The van der Waals surface area contributed by atoms with Crippen molar-refractivity contribution in [1.29, 1.82) is 0 Å². The van der Waals surface area contributed by atoms with E-state index in [0.29, 0.717) is 27.8 Å². The second-order valence-electron chi connectivity index (χ2n) is 5.58. The number of amides is 1. The van der Waals surface area contributed by atoms with Crippen LogP contribution in [-0.4, -0.2) is 37.8 Å². The highest BCUT2D eigenvalue weighted by atomic mass is 35.5. The lowest BCUT2D eigenvalue weighted by molar-refractivity contribution is -0.137. The molecule has 0 radical (unpaired) electrons. The maximum atomic E-state index is 12.2. The summed E-state index contributed by atoms with van der Waals surface area (Å²) < 4.78 is 15.8. The normalized spacial score (nSPS) is 11.4. The van der Waals surface area contributed by atoms with Gasteiger partial charge in [-0.05, 0) is 35.9 Å². The number of hydrogen-bond donors (Lipinski definition) is 2. The van der Waals surface area contributed by atoms with Crippen molar-refractivity contribution in [2.75, 3.05) is 20.8 Å². The van der Waals surface area contributed by atoms with Gasteiger partial charge in [-0.25, -0.2) is 0 Å². The number of carbonyl (C=O) groups is 2. The van der Waals surface area contributed by atoms with E-state index in [-0.39, 0.29) is 13.0 Å². The zero-order chi connectivity index (χ0) is 19.8. The Labute approximate surface area is 161 Å². The monoisotopic (exact) mass is 393 g/mol. The predicted molar refractivity (Wildman–Crippen MR) is 99.6 cm³/mol. The maximum absolute atomic E-state index is 12.2. The SMILES string of the molecule is COc1ccc(C(CC(=O)O)NC(=O)COc2cccc(Cl)c2)cc1OC. The van der Waals surface area contributed by atoms with E-state index in [1.54, 1.807) is 42.5 Å². The van der Waals surface area contributed by atoms with E-state index in [2.05, 4.69) is 5.32 Å². The number of carbonyl (C=O) groups excluding carboxylic acids is 1. The number of methoxy groups -OCH3 is 2. The van der Waals surface area contributed by atoms with Crippen molar-refractivity contribution in [3.05, 3.63) is 53.1 Å². The summed E-state index contributed by atoms with van der Waals surface area (Å²) in [7, 11) is 2.98. The third-order valence-corrected chi connectivity index (χ3v) is 3.93. The number of ether oxygens (including phenoxy) is 3. The fourth-order valence-corrected chi connectivity index (χ4v) is 2.62. The minimum Gasteiger partial charge on any atom is -0.493 e. The topological polar surface area (TPSA) is 94.1 Å². The largest absolute Gasteiger partial charge is 0.493 e. The molecule has 0 fully saturated rings. The molecule has 1 amide bonds. The van der Waals surface area contributed by atoms with Crippen LogP contribution in [0.2, 0.25) is 5.02 Å². The molecule has 0 heterocycles. The molecule has 8 heteroatoms. The van der Waals surface area contributed by atoms with Gasteiger partial charge in [0.1, 0.15) is 5.75 Å². The van der Waals surface area contributed by atoms with Crippen LogP contribution in [0.25, 0.3) is 0 Å². The van der Waals surface area contributed by atoms with Crippen LogP contribution in [0.4, 0.5) is 0 Å². The first-order chi connectivity index (χ1) is 12.9. The highest BCUT2D eigenvalue weighted by molar-refractivity contribution is 6.30. The third-order valence-electron chi connectivity index (χ3n) is 3.69. The Balaban J connectivity index is 2.09. The lowest BCUT2D eigenvalue weighted by atomic mass is 10.0. The van der Waals surface area contributed by atoms with Crippen molar-refractivity contribution in [3.8, 4) is 17.2 Å². The fraction of sp³-hybridized carbons (Fsp3) is 0.263. The molecular formula is C19H20ClNO6. The molecule has 0 spiro atoms. The molecular weight excluding hydrogens is 374 g/mol. The molecule has 0 saturated carbocycles. The van der Waals surface area contributed by atoms with Crippen molar-refractivity contribution in [3.63, 3.8) is 0 Å². The van der Waals surface area contributed by atoms with E-state index in [4.69, 9.17) is 25.8 Å². The molecule has 1 atom stereocenters. The van der Waals surface area contributed by atoms with E-state index >= 15 is 0 Å². The molecule has 7 nitrogen and oxygen atoms in total. The standard InChI is InChI=1S/C19H20ClNO6/c1-25-16-7-6-12(8-17(16)26-2)15(10-19(23)24)21-18(22)11-27-14-5-3-4-13(20)9-14/h3-9,15H,10-11H2,1-2H3,(H,21,22)(H,23,24). The van der Waals surface area contributed by atoms with Crippen LogP contribution < -0.4 is 19.5 Å². The van der Waals surface area contributed by atoms with Crippen LogP contribution in [0, 0.1) is 0 Å². The van der Waals surface area contributed by atoms with Crippen molar-refractivity contribution in [2.24, 2.45) is 0 Å². The van der Waals surface area contributed by atoms with Gasteiger partial charge in [0.05, 0.1) is 26.7 Å². The predicted octanol–water partition coefficient (Wildman–Crippen LogP) is 3.07. The zero-order valence-electron chi connectivity index (χ0n) is 14.9. The van der Waals surface area contributed by atoms with Gasteiger partial charge in [0.25, 0.3) is 5.91 Å². The fourth-order valence-electron chi connectivity index (χ4n) is 2.44. The first-order valence-corrected chi connectivity index (χ1v) is 8.42. The second kappa shape index (κ2) is 9.68. The first kappa shape index (κ1) is 20.4. The Morgan fingerprint density at radius 1 is 1.11 bits per heavy atom. The molecule has 0 bridgehead atoms. The molecule has 2 rings (SSSR count).